The number of hydrogen-bond donors (Lipinski definition) is 1. The maximum Gasteiger partial charge on any atom is 0.323 e. The SMILES string of the molecule is CC(C)OC(=O)[C@H](Cc1cccc(OS(C)(=O)=O)c1)NCc1ccccc1. The van der Waals surface area contributed by atoms with Gasteiger partial charge in [0, 0.05) is 6.54 Å². The van der Waals surface area contributed by atoms with Gasteiger partial charge in [0.25, 0.3) is 0 Å². The highest BCUT2D eigenvalue weighted by molar-refractivity contribution is 7.86. The molecular formula is C20H25NO5S. The first kappa shape index (κ1) is 20.9. The molecule has 146 valence electrons. The zero-order valence-corrected chi connectivity index (χ0v) is 16.5. The largest absolute Gasteiger partial charge is 0.462 e. The number of nitrogens with one attached hydrogen (secondary N) is 1. The summed E-state index contributed by atoms with van der Waals surface area (Å²) < 4.78 is 32.9. The normalized spacial score (nSPS) is 12.6. The van der Waals surface area contributed by atoms with Gasteiger partial charge >= 0.3 is 16.1 Å². The Hall–Kier alpha value is -2.38. The summed E-state index contributed by atoms with van der Waals surface area (Å²) >= 11 is 0. The van der Waals surface area contributed by atoms with Crippen LogP contribution < -0.4 is 9.50 Å². The fourth-order valence-corrected chi connectivity index (χ4v) is 2.98. The molecule has 0 saturated heterocycles. The van der Waals surface area contributed by atoms with Gasteiger partial charge in [-0.05, 0) is 43.5 Å². The highest BCUT2D eigenvalue weighted by Gasteiger charge is 2.21. The van der Waals surface area contributed by atoms with E-state index in [-0.39, 0.29) is 17.8 Å². The van der Waals surface area contributed by atoms with Gasteiger partial charge in [-0.2, -0.15) is 8.42 Å². The van der Waals surface area contributed by atoms with Crippen molar-refractivity contribution in [1.82, 2.24) is 5.32 Å². The van der Waals surface area contributed by atoms with E-state index < -0.39 is 16.2 Å². The van der Waals surface area contributed by atoms with Gasteiger partial charge < -0.3 is 14.2 Å². The zero-order chi connectivity index (χ0) is 19.9. The van der Waals surface area contributed by atoms with E-state index in [9.17, 15) is 13.2 Å². The monoisotopic (exact) mass is 391 g/mol. The van der Waals surface area contributed by atoms with Crippen LogP contribution in [0.5, 0.6) is 5.75 Å². The molecule has 7 heteroatoms. The Kier molecular flexibility index (Phi) is 7.38. The minimum atomic E-state index is -3.61. The van der Waals surface area contributed by atoms with E-state index in [1.807, 2.05) is 36.4 Å². The van der Waals surface area contributed by atoms with Crippen LogP contribution in [-0.2, 0) is 32.6 Å². The molecule has 0 amide bonds. The van der Waals surface area contributed by atoms with Crippen molar-refractivity contribution < 1.29 is 22.1 Å². The minimum absolute atomic E-state index is 0.217. The van der Waals surface area contributed by atoms with Crippen LogP contribution in [0.25, 0.3) is 0 Å². The van der Waals surface area contributed by atoms with Crippen LogP contribution in [0.1, 0.15) is 25.0 Å². The maximum absolute atomic E-state index is 12.5. The van der Waals surface area contributed by atoms with Crippen LogP contribution in [0.2, 0.25) is 0 Å². The van der Waals surface area contributed by atoms with Gasteiger partial charge in [-0.1, -0.05) is 42.5 Å². The van der Waals surface area contributed by atoms with Gasteiger partial charge in [0.1, 0.15) is 11.8 Å². The van der Waals surface area contributed by atoms with E-state index in [1.54, 1.807) is 32.0 Å². The van der Waals surface area contributed by atoms with Crippen LogP contribution in [0, 0.1) is 0 Å². The summed E-state index contributed by atoms with van der Waals surface area (Å²) in [7, 11) is -3.61. The summed E-state index contributed by atoms with van der Waals surface area (Å²) in [5.41, 5.74) is 1.82. The van der Waals surface area contributed by atoms with Crippen molar-refractivity contribution in [2.45, 2.75) is 39.0 Å². The van der Waals surface area contributed by atoms with E-state index >= 15 is 0 Å². The molecule has 2 aromatic rings. The highest BCUT2D eigenvalue weighted by Crippen LogP contribution is 2.17. The van der Waals surface area contributed by atoms with Crippen molar-refractivity contribution in [3.05, 3.63) is 65.7 Å². The number of carbonyl (C=O) groups excluding carboxylic acids is 1. The third-order valence-electron chi connectivity index (χ3n) is 3.62. The van der Waals surface area contributed by atoms with Crippen molar-refractivity contribution in [2.24, 2.45) is 0 Å². The minimum Gasteiger partial charge on any atom is -0.462 e. The predicted molar refractivity (Wildman–Crippen MR) is 104 cm³/mol. The predicted octanol–water partition coefficient (Wildman–Crippen LogP) is 2.68. The topological polar surface area (TPSA) is 81.7 Å². The second-order valence-corrected chi connectivity index (χ2v) is 8.12. The number of hydrogen-bond acceptors (Lipinski definition) is 6. The van der Waals surface area contributed by atoms with E-state index in [0.29, 0.717) is 13.0 Å². The van der Waals surface area contributed by atoms with Crippen molar-refractivity contribution in [2.75, 3.05) is 6.26 Å². The van der Waals surface area contributed by atoms with E-state index in [4.69, 9.17) is 8.92 Å². The lowest BCUT2D eigenvalue weighted by Crippen LogP contribution is -2.40. The Balaban J connectivity index is 2.13. The van der Waals surface area contributed by atoms with Crippen molar-refractivity contribution in [3.63, 3.8) is 0 Å². The molecule has 0 spiro atoms. The first-order valence-electron chi connectivity index (χ1n) is 8.69. The van der Waals surface area contributed by atoms with Crippen molar-refractivity contribution in [3.8, 4) is 5.75 Å². The van der Waals surface area contributed by atoms with Gasteiger partial charge in [-0.25, -0.2) is 0 Å². The Morgan fingerprint density at radius 3 is 2.33 bits per heavy atom. The molecule has 0 saturated carbocycles. The summed E-state index contributed by atoms with van der Waals surface area (Å²) in [5.74, 6) is -0.135. The third kappa shape index (κ3) is 7.80. The Morgan fingerprint density at radius 1 is 1.04 bits per heavy atom. The highest BCUT2D eigenvalue weighted by atomic mass is 32.2. The lowest BCUT2D eigenvalue weighted by molar-refractivity contribution is -0.150. The van der Waals surface area contributed by atoms with E-state index in [1.165, 1.54) is 0 Å². The molecule has 0 aliphatic rings. The second kappa shape index (κ2) is 9.53. The molecule has 0 bridgehead atoms. The van der Waals surface area contributed by atoms with Gasteiger partial charge in [0.2, 0.25) is 0 Å². The molecule has 0 unspecified atom stereocenters. The molecule has 0 radical (unpaired) electrons. The number of esters is 1. The van der Waals surface area contributed by atoms with Crippen LogP contribution >= 0.6 is 0 Å². The first-order chi connectivity index (χ1) is 12.7. The number of benzene rings is 2. The summed E-state index contributed by atoms with van der Waals surface area (Å²) in [6, 6.07) is 15.9. The summed E-state index contributed by atoms with van der Waals surface area (Å²) in [5, 5.41) is 3.22. The Bertz CT molecular complexity index is 850. The van der Waals surface area contributed by atoms with Crippen molar-refractivity contribution >= 4 is 16.1 Å². The lowest BCUT2D eigenvalue weighted by Gasteiger charge is -2.19. The summed E-state index contributed by atoms with van der Waals surface area (Å²) in [6.07, 6.45) is 1.11. The van der Waals surface area contributed by atoms with Gasteiger partial charge in [0.15, 0.2) is 0 Å². The fraction of sp³-hybridized carbons (Fsp3) is 0.350. The molecule has 1 N–H and O–H groups in total. The molecule has 2 aromatic carbocycles. The van der Waals surface area contributed by atoms with Gasteiger partial charge in [-0.15, -0.1) is 0 Å². The first-order valence-corrected chi connectivity index (χ1v) is 10.5. The molecule has 0 aromatic heterocycles. The number of ether oxygens (including phenoxy) is 1. The Labute approximate surface area is 160 Å². The molecule has 0 aliphatic carbocycles. The molecule has 0 fully saturated rings. The second-order valence-electron chi connectivity index (χ2n) is 6.54. The summed E-state index contributed by atoms with van der Waals surface area (Å²) in [6.45, 7) is 4.11. The number of carbonyl (C=O) groups is 1. The van der Waals surface area contributed by atoms with Gasteiger partial charge in [0.05, 0.1) is 12.4 Å². The molecule has 1 atom stereocenters. The van der Waals surface area contributed by atoms with Crippen LogP contribution in [0.3, 0.4) is 0 Å². The molecule has 6 nitrogen and oxygen atoms in total. The smallest absolute Gasteiger partial charge is 0.323 e. The molecule has 27 heavy (non-hydrogen) atoms. The standard InChI is InChI=1S/C20H25NO5S/c1-15(2)25-20(22)19(21-14-16-8-5-4-6-9-16)13-17-10-7-11-18(12-17)26-27(3,23)24/h4-12,15,19,21H,13-14H2,1-3H3/t19-/m0/s1. The molecule has 0 heterocycles. The van der Waals surface area contributed by atoms with Crippen molar-refractivity contribution in [1.29, 1.82) is 0 Å². The lowest BCUT2D eigenvalue weighted by atomic mass is 10.1. The Morgan fingerprint density at radius 2 is 1.70 bits per heavy atom. The fourth-order valence-electron chi connectivity index (χ4n) is 2.52. The van der Waals surface area contributed by atoms with E-state index in [2.05, 4.69) is 5.32 Å². The van der Waals surface area contributed by atoms with Crippen LogP contribution in [-0.4, -0.2) is 32.8 Å². The zero-order valence-electron chi connectivity index (χ0n) is 15.7. The quantitative estimate of drug-likeness (QED) is 0.523. The molecule has 2 rings (SSSR count). The average Bonchev–Trinajstić information content (AvgIpc) is 2.57. The van der Waals surface area contributed by atoms with Crippen LogP contribution in [0.15, 0.2) is 54.6 Å². The average molecular weight is 391 g/mol. The van der Waals surface area contributed by atoms with Crippen LogP contribution in [0.4, 0.5) is 0 Å². The summed E-state index contributed by atoms with van der Waals surface area (Å²) in [4.78, 5) is 12.5. The van der Waals surface area contributed by atoms with Gasteiger partial charge in [-0.3, -0.25) is 4.79 Å². The molecular weight excluding hydrogens is 366 g/mol. The molecule has 0 aliphatic heterocycles. The third-order valence-corrected chi connectivity index (χ3v) is 4.11. The number of rotatable bonds is 9. The maximum atomic E-state index is 12.5. The van der Waals surface area contributed by atoms with E-state index in [0.717, 1.165) is 17.4 Å².